The quantitative estimate of drug-likeness (QED) is 0.747. The zero-order valence-electron chi connectivity index (χ0n) is 8.33. The maximum absolute atomic E-state index is 11.6. The van der Waals surface area contributed by atoms with Gasteiger partial charge in [-0.05, 0) is 11.8 Å². The maximum Gasteiger partial charge on any atom is 0.289 e. The summed E-state index contributed by atoms with van der Waals surface area (Å²) in [5.41, 5.74) is 6.16. The topological polar surface area (TPSA) is 68.3 Å². The highest BCUT2D eigenvalue weighted by Crippen LogP contribution is 2.44. The van der Waals surface area contributed by atoms with Crippen molar-refractivity contribution in [3.05, 3.63) is 18.1 Å². The predicted molar refractivity (Wildman–Crippen MR) is 52.8 cm³/mol. The molecule has 3 N–H and O–H groups in total. The average Bonchev–Trinajstić information content (AvgIpc) is 2.53. The number of nitrogen functional groups attached to an aromatic ring is 1. The summed E-state index contributed by atoms with van der Waals surface area (Å²) in [7, 11) is 0. The van der Waals surface area contributed by atoms with Crippen LogP contribution in [0.1, 0.15) is 30.8 Å². The molecular formula is C10H14N2O2. The first-order valence-electron chi connectivity index (χ1n) is 4.64. The van der Waals surface area contributed by atoms with Gasteiger partial charge >= 0.3 is 0 Å². The Bertz CT molecular complexity index is 368. The standard InChI is InChI=1S/C10H14N2O2/c1-10(2)5-7(10)12-9(13)8-6(11)3-4-14-8/h3-4,7H,5,11H2,1-2H3,(H,12,13). The lowest BCUT2D eigenvalue weighted by atomic mass is 10.2. The van der Waals surface area contributed by atoms with Crippen LogP contribution in [0.2, 0.25) is 0 Å². The zero-order valence-corrected chi connectivity index (χ0v) is 8.33. The average molecular weight is 194 g/mol. The van der Waals surface area contributed by atoms with Crippen LogP contribution >= 0.6 is 0 Å². The molecule has 1 aromatic heterocycles. The number of rotatable bonds is 2. The van der Waals surface area contributed by atoms with Gasteiger partial charge in [0.25, 0.3) is 5.91 Å². The van der Waals surface area contributed by atoms with Gasteiger partial charge in [-0.15, -0.1) is 0 Å². The van der Waals surface area contributed by atoms with Gasteiger partial charge in [-0.3, -0.25) is 4.79 Å². The summed E-state index contributed by atoms with van der Waals surface area (Å²) in [6, 6.07) is 1.83. The third-order valence-corrected chi connectivity index (χ3v) is 2.72. The first-order chi connectivity index (χ1) is 6.50. The van der Waals surface area contributed by atoms with Crippen molar-refractivity contribution in [3.8, 4) is 0 Å². The molecule has 4 heteroatoms. The van der Waals surface area contributed by atoms with E-state index in [1.165, 1.54) is 6.26 Å². The molecule has 1 aliphatic rings. The smallest absolute Gasteiger partial charge is 0.289 e. The molecule has 76 valence electrons. The predicted octanol–water partition coefficient (Wildman–Crippen LogP) is 1.39. The lowest BCUT2D eigenvalue weighted by Crippen LogP contribution is -2.28. The van der Waals surface area contributed by atoms with Crippen molar-refractivity contribution >= 4 is 11.6 Å². The molecule has 0 saturated heterocycles. The Labute approximate surface area is 82.5 Å². The summed E-state index contributed by atoms with van der Waals surface area (Å²) in [5.74, 6) is -0.00391. The van der Waals surface area contributed by atoms with Crippen LogP contribution in [0.15, 0.2) is 16.7 Å². The molecule has 14 heavy (non-hydrogen) atoms. The van der Waals surface area contributed by atoms with Crippen LogP contribution in [0.5, 0.6) is 0 Å². The van der Waals surface area contributed by atoms with Crippen molar-refractivity contribution < 1.29 is 9.21 Å². The summed E-state index contributed by atoms with van der Waals surface area (Å²) in [5, 5.41) is 2.87. The molecule has 2 rings (SSSR count). The molecule has 0 bridgehead atoms. The summed E-state index contributed by atoms with van der Waals surface area (Å²) >= 11 is 0. The fourth-order valence-corrected chi connectivity index (χ4v) is 1.44. The van der Waals surface area contributed by atoms with Gasteiger partial charge in [0, 0.05) is 12.1 Å². The molecule has 1 amide bonds. The number of nitrogens with one attached hydrogen (secondary N) is 1. The van der Waals surface area contributed by atoms with E-state index in [-0.39, 0.29) is 23.1 Å². The molecule has 1 aliphatic carbocycles. The highest BCUT2D eigenvalue weighted by molar-refractivity contribution is 5.96. The van der Waals surface area contributed by atoms with Gasteiger partial charge in [0.15, 0.2) is 0 Å². The van der Waals surface area contributed by atoms with Crippen LogP contribution in [0, 0.1) is 5.41 Å². The second-order valence-corrected chi connectivity index (χ2v) is 4.42. The number of carbonyl (C=O) groups excluding carboxylic acids is 1. The molecule has 1 saturated carbocycles. The van der Waals surface area contributed by atoms with Gasteiger partial charge in [0.2, 0.25) is 5.76 Å². The minimum Gasteiger partial charge on any atom is -0.457 e. The molecule has 0 radical (unpaired) electrons. The Kier molecular flexibility index (Phi) is 1.80. The number of amides is 1. The van der Waals surface area contributed by atoms with Crippen LogP contribution in [-0.4, -0.2) is 11.9 Å². The van der Waals surface area contributed by atoms with E-state index in [4.69, 9.17) is 10.2 Å². The molecule has 4 nitrogen and oxygen atoms in total. The van der Waals surface area contributed by atoms with Crippen LogP contribution in [0.3, 0.4) is 0 Å². The normalized spacial score (nSPS) is 23.1. The van der Waals surface area contributed by atoms with Crippen molar-refractivity contribution in [1.82, 2.24) is 5.32 Å². The summed E-state index contributed by atoms with van der Waals surface area (Å²) in [4.78, 5) is 11.6. The minimum absolute atomic E-state index is 0.215. The van der Waals surface area contributed by atoms with Gasteiger partial charge in [0.05, 0.1) is 12.0 Å². The second kappa shape index (κ2) is 2.77. The first-order valence-corrected chi connectivity index (χ1v) is 4.64. The van der Waals surface area contributed by atoms with E-state index in [0.29, 0.717) is 5.69 Å². The van der Waals surface area contributed by atoms with Gasteiger partial charge in [-0.1, -0.05) is 13.8 Å². The largest absolute Gasteiger partial charge is 0.457 e. The first kappa shape index (κ1) is 9.12. The minimum atomic E-state index is -0.219. The Morgan fingerprint density at radius 2 is 2.36 bits per heavy atom. The third kappa shape index (κ3) is 1.47. The highest BCUT2D eigenvalue weighted by Gasteiger charge is 2.46. The summed E-state index contributed by atoms with van der Waals surface area (Å²) in [6.45, 7) is 4.23. The fourth-order valence-electron chi connectivity index (χ4n) is 1.44. The molecule has 0 aliphatic heterocycles. The van der Waals surface area contributed by atoms with E-state index in [0.717, 1.165) is 6.42 Å². The van der Waals surface area contributed by atoms with E-state index in [1.54, 1.807) is 6.07 Å². The van der Waals surface area contributed by atoms with E-state index >= 15 is 0 Å². The SMILES string of the molecule is CC1(C)CC1NC(=O)c1occc1N. The second-order valence-electron chi connectivity index (χ2n) is 4.42. The lowest BCUT2D eigenvalue weighted by Gasteiger charge is -2.04. The molecule has 1 aromatic rings. The number of hydrogen-bond donors (Lipinski definition) is 2. The molecule has 0 spiro atoms. The van der Waals surface area contributed by atoms with Gasteiger partial charge < -0.3 is 15.5 Å². The van der Waals surface area contributed by atoms with Crippen LogP contribution in [0.4, 0.5) is 5.69 Å². The number of hydrogen-bond acceptors (Lipinski definition) is 3. The van der Waals surface area contributed by atoms with Crippen molar-refractivity contribution in [2.24, 2.45) is 5.41 Å². The van der Waals surface area contributed by atoms with E-state index < -0.39 is 0 Å². The third-order valence-electron chi connectivity index (χ3n) is 2.72. The maximum atomic E-state index is 11.6. The van der Waals surface area contributed by atoms with E-state index in [2.05, 4.69) is 19.2 Å². The van der Waals surface area contributed by atoms with Crippen LogP contribution in [-0.2, 0) is 0 Å². The highest BCUT2D eigenvalue weighted by atomic mass is 16.3. The van der Waals surface area contributed by atoms with Crippen LogP contribution < -0.4 is 11.1 Å². The summed E-state index contributed by atoms with van der Waals surface area (Å²) in [6.07, 6.45) is 2.43. The molecule has 1 unspecified atom stereocenters. The van der Waals surface area contributed by atoms with Gasteiger partial charge in [0.1, 0.15) is 0 Å². The van der Waals surface area contributed by atoms with Crippen molar-refractivity contribution in [2.75, 3.05) is 5.73 Å². The monoisotopic (exact) mass is 194 g/mol. The number of anilines is 1. The molecule has 0 aromatic carbocycles. The molecular weight excluding hydrogens is 180 g/mol. The van der Waals surface area contributed by atoms with Crippen molar-refractivity contribution in [3.63, 3.8) is 0 Å². The molecule has 1 fully saturated rings. The van der Waals surface area contributed by atoms with Gasteiger partial charge in [-0.2, -0.15) is 0 Å². The number of carbonyl (C=O) groups is 1. The Morgan fingerprint density at radius 3 is 2.79 bits per heavy atom. The molecule has 1 atom stereocenters. The van der Waals surface area contributed by atoms with Crippen LogP contribution in [0.25, 0.3) is 0 Å². The Balaban J connectivity index is 2.01. The van der Waals surface area contributed by atoms with Gasteiger partial charge in [-0.25, -0.2) is 0 Å². The number of nitrogens with two attached hydrogens (primary N) is 1. The van der Waals surface area contributed by atoms with E-state index in [9.17, 15) is 4.79 Å². The van der Waals surface area contributed by atoms with Crippen molar-refractivity contribution in [1.29, 1.82) is 0 Å². The van der Waals surface area contributed by atoms with E-state index in [1.807, 2.05) is 0 Å². The van der Waals surface area contributed by atoms with Crippen molar-refractivity contribution in [2.45, 2.75) is 26.3 Å². The summed E-state index contributed by atoms with van der Waals surface area (Å²) < 4.78 is 4.99. The lowest BCUT2D eigenvalue weighted by molar-refractivity contribution is 0.0919. The molecule has 1 heterocycles. The zero-order chi connectivity index (χ0) is 10.3. The fraction of sp³-hybridized carbons (Fsp3) is 0.500. The Morgan fingerprint density at radius 1 is 1.71 bits per heavy atom. The Hall–Kier alpha value is -1.45. The number of furan rings is 1.